The van der Waals surface area contributed by atoms with Gasteiger partial charge in [-0.1, -0.05) is 12.1 Å². The second-order valence-corrected chi connectivity index (χ2v) is 9.19. The molecule has 0 fully saturated rings. The molecule has 0 unspecified atom stereocenters. The summed E-state index contributed by atoms with van der Waals surface area (Å²) in [5.74, 6) is 1.10. The van der Waals surface area contributed by atoms with Gasteiger partial charge in [-0.25, -0.2) is 8.42 Å². The zero-order valence-electron chi connectivity index (χ0n) is 19.1. The van der Waals surface area contributed by atoms with Crippen molar-refractivity contribution >= 4 is 27.0 Å². The second kappa shape index (κ2) is 9.11. The number of methoxy groups -OCH3 is 4. The van der Waals surface area contributed by atoms with Crippen molar-refractivity contribution in [3.63, 3.8) is 0 Å². The molecule has 3 aromatic carbocycles. The lowest BCUT2D eigenvalue weighted by atomic mass is 10.1. The molecule has 4 rings (SSSR count). The Bertz CT molecular complexity index is 1370. The first-order valence-corrected chi connectivity index (χ1v) is 11.7. The molecule has 0 bridgehead atoms. The van der Waals surface area contributed by atoms with Crippen LogP contribution >= 0.6 is 0 Å². The van der Waals surface area contributed by atoms with Crippen molar-refractivity contribution in [3.05, 3.63) is 77.3 Å². The topological polar surface area (TPSA) is 91.4 Å². The number of allylic oxidation sites excluding steroid dienone is 1. The van der Waals surface area contributed by atoms with E-state index in [0.717, 1.165) is 0 Å². The highest BCUT2D eigenvalue weighted by Crippen LogP contribution is 2.42. The van der Waals surface area contributed by atoms with Crippen LogP contribution in [0.2, 0.25) is 0 Å². The Morgan fingerprint density at radius 2 is 1.41 bits per heavy atom. The first-order valence-electron chi connectivity index (χ1n) is 10.2. The smallest absolute Gasteiger partial charge is 0.214 e. The van der Waals surface area contributed by atoms with E-state index in [1.165, 1.54) is 52.8 Å². The van der Waals surface area contributed by atoms with E-state index in [1.54, 1.807) is 47.4 Å². The number of ether oxygens (including phenoxy) is 4. The minimum atomic E-state index is -4.10. The third kappa shape index (κ3) is 3.94. The van der Waals surface area contributed by atoms with Gasteiger partial charge in [-0.05, 0) is 30.3 Å². The maximum Gasteiger partial charge on any atom is 0.214 e. The van der Waals surface area contributed by atoms with E-state index in [2.05, 4.69) is 0 Å². The summed E-state index contributed by atoms with van der Waals surface area (Å²) in [6.45, 7) is 0. The molecular weight excluding hydrogens is 458 g/mol. The quantitative estimate of drug-likeness (QED) is 0.460. The van der Waals surface area contributed by atoms with Gasteiger partial charge in [0, 0.05) is 30.0 Å². The third-order valence-electron chi connectivity index (χ3n) is 5.43. The maximum absolute atomic E-state index is 13.5. The monoisotopic (exact) mass is 481 g/mol. The summed E-state index contributed by atoms with van der Waals surface area (Å²) in [5, 5.41) is 0. The summed E-state index contributed by atoms with van der Waals surface area (Å²) in [4.78, 5) is 14.8. The largest absolute Gasteiger partial charge is 0.497 e. The Balaban J connectivity index is 1.91. The minimum absolute atomic E-state index is 0.0168. The lowest BCUT2D eigenvalue weighted by molar-refractivity contribution is 0.104. The van der Waals surface area contributed by atoms with Crippen LogP contribution in [0.5, 0.6) is 23.0 Å². The predicted octanol–water partition coefficient (Wildman–Crippen LogP) is 4.37. The molecule has 0 atom stereocenters. The Hall–Kier alpha value is -3.98. The molecule has 0 aliphatic carbocycles. The fourth-order valence-corrected chi connectivity index (χ4v) is 5.25. The number of Topliss-reactive ketones (excluding diaryl/α,β-unsaturated/α-hetero) is 1. The van der Waals surface area contributed by atoms with E-state index in [1.807, 2.05) is 0 Å². The van der Waals surface area contributed by atoms with Crippen molar-refractivity contribution in [1.82, 2.24) is 0 Å². The normalized spacial score (nSPS) is 14.0. The molecule has 0 aromatic heterocycles. The van der Waals surface area contributed by atoms with Crippen LogP contribution in [0.25, 0.3) is 0 Å². The average molecular weight is 482 g/mol. The number of carbonyl (C=O) groups excluding carboxylic acids is 1. The summed E-state index contributed by atoms with van der Waals surface area (Å²) in [5.41, 5.74) is 1.12. The molecule has 3 aromatic rings. The third-order valence-corrected chi connectivity index (χ3v) is 7.23. The van der Waals surface area contributed by atoms with Crippen LogP contribution in [-0.4, -0.2) is 42.6 Å². The summed E-state index contributed by atoms with van der Waals surface area (Å²) >= 11 is 0. The highest BCUT2D eigenvalue weighted by atomic mass is 32.2. The van der Waals surface area contributed by atoms with Gasteiger partial charge in [0.05, 0.1) is 44.7 Å². The molecule has 34 heavy (non-hydrogen) atoms. The number of ketones is 1. The molecule has 9 heteroatoms. The first kappa shape index (κ1) is 23.2. The molecular formula is C25H23NO7S. The van der Waals surface area contributed by atoms with E-state index in [0.29, 0.717) is 34.4 Å². The molecule has 1 aliphatic rings. The predicted molar refractivity (Wildman–Crippen MR) is 127 cm³/mol. The maximum atomic E-state index is 13.5. The lowest BCUT2D eigenvalue weighted by Crippen LogP contribution is -2.25. The van der Waals surface area contributed by atoms with Crippen LogP contribution < -0.4 is 23.8 Å². The molecule has 0 spiro atoms. The Morgan fingerprint density at radius 1 is 0.765 bits per heavy atom. The number of hydrogen-bond donors (Lipinski definition) is 0. The molecule has 1 aliphatic heterocycles. The highest BCUT2D eigenvalue weighted by Gasteiger charge is 2.36. The molecule has 0 saturated heterocycles. The van der Waals surface area contributed by atoms with E-state index in [4.69, 9.17) is 18.9 Å². The lowest BCUT2D eigenvalue weighted by Gasteiger charge is -2.29. The molecule has 1 heterocycles. The van der Waals surface area contributed by atoms with Gasteiger partial charge in [-0.15, -0.1) is 0 Å². The van der Waals surface area contributed by atoms with Gasteiger partial charge in [-0.2, -0.15) is 0 Å². The van der Waals surface area contributed by atoms with E-state index >= 15 is 0 Å². The molecule has 0 N–H and O–H groups in total. The zero-order valence-corrected chi connectivity index (χ0v) is 19.9. The number of anilines is 2. The van der Waals surface area contributed by atoms with Crippen LogP contribution in [-0.2, 0) is 9.84 Å². The van der Waals surface area contributed by atoms with Crippen molar-refractivity contribution < 1.29 is 32.2 Å². The number of sulfone groups is 1. The van der Waals surface area contributed by atoms with Crippen molar-refractivity contribution in [1.29, 1.82) is 0 Å². The summed E-state index contributed by atoms with van der Waals surface area (Å²) in [6.07, 6.45) is 1.32. The van der Waals surface area contributed by atoms with Gasteiger partial charge in [0.1, 0.15) is 16.4 Å². The number of hydrogen-bond acceptors (Lipinski definition) is 8. The molecule has 0 saturated carbocycles. The Morgan fingerprint density at radius 3 is 2.03 bits per heavy atom. The van der Waals surface area contributed by atoms with Crippen LogP contribution in [0.1, 0.15) is 10.4 Å². The zero-order chi connectivity index (χ0) is 24.5. The van der Waals surface area contributed by atoms with Gasteiger partial charge in [0.25, 0.3) is 0 Å². The van der Waals surface area contributed by atoms with Crippen molar-refractivity contribution in [2.75, 3.05) is 33.3 Å². The fraction of sp³-hybridized carbons (Fsp3) is 0.160. The van der Waals surface area contributed by atoms with E-state index in [-0.39, 0.29) is 15.4 Å². The van der Waals surface area contributed by atoms with Gasteiger partial charge in [0.2, 0.25) is 15.6 Å². The van der Waals surface area contributed by atoms with Crippen molar-refractivity contribution in [3.8, 4) is 23.0 Å². The summed E-state index contributed by atoms with van der Waals surface area (Å²) in [6, 6.07) is 16.2. The van der Waals surface area contributed by atoms with E-state index in [9.17, 15) is 13.2 Å². The number of para-hydroxylation sites is 1. The van der Waals surface area contributed by atoms with Crippen LogP contribution in [0, 0.1) is 0 Å². The van der Waals surface area contributed by atoms with Crippen LogP contribution in [0.4, 0.5) is 11.4 Å². The van der Waals surface area contributed by atoms with Gasteiger partial charge >= 0.3 is 0 Å². The Kier molecular flexibility index (Phi) is 6.21. The van der Waals surface area contributed by atoms with Gasteiger partial charge in [-0.3, -0.25) is 4.79 Å². The number of benzene rings is 3. The number of fused-ring (bicyclic) bond motifs is 1. The highest BCUT2D eigenvalue weighted by molar-refractivity contribution is 7.96. The second-order valence-electron chi connectivity index (χ2n) is 7.30. The minimum Gasteiger partial charge on any atom is -0.497 e. The average Bonchev–Trinajstić information content (AvgIpc) is 2.87. The number of rotatable bonds is 7. The van der Waals surface area contributed by atoms with E-state index < -0.39 is 15.6 Å². The first-order chi connectivity index (χ1) is 16.3. The SMILES string of the molecule is COc1cc(OC)cc(N2C=C(C(=O)c3ccc(OC)c(OC)c3)S(=O)(=O)c3ccccc32)c1. The van der Waals surface area contributed by atoms with Crippen LogP contribution in [0.15, 0.2) is 76.7 Å². The number of nitrogens with zero attached hydrogens (tertiary/aromatic N) is 1. The molecule has 176 valence electrons. The molecule has 8 nitrogen and oxygen atoms in total. The van der Waals surface area contributed by atoms with Gasteiger partial charge < -0.3 is 23.8 Å². The Labute approximate surface area is 197 Å². The molecule has 0 radical (unpaired) electrons. The van der Waals surface area contributed by atoms with Crippen molar-refractivity contribution in [2.45, 2.75) is 4.90 Å². The number of carbonyl (C=O) groups is 1. The van der Waals surface area contributed by atoms with Crippen LogP contribution in [0.3, 0.4) is 0 Å². The standard InChI is InChI=1S/C25H23NO7S/c1-30-18-12-17(13-19(14-18)31-2)26-15-24(34(28,29)23-8-6-5-7-20(23)26)25(27)16-9-10-21(32-3)22(11-16)33-4/h5-15H,1-4H3. The molecule has 0 amide bonds. The summed E-state index contributed by atoms with van der Waals surface area (Å²) < 4.78 is 48.2. The summed E-state index contributed by atoms with van der Waals surface area (Å²) in [7, 11) is 1.86. The van der Waals surface area contributed by atoms with Gasteiger partial charge in [0.15, 0.2) is 11.5 Å². The van der Waals surface area contributed by atoms with Crippen molar-refractivity contribution in [2.24, 2.45) is 0 Å². The fourth-order valence-electron chi connectivity index (χ4n) is 3.70.